The van der Waals surface area contributed by atoms with E-state index in [1.165, 1.54) is 12.1 Å². The molecule has 1 atom stereocenters. The van der Waals surface area contributed by atoms with Gasteiger partial charge in [-0.1, -0.05) is 57.4 Å². The van der Waals surface area contributed by atoms with Crippen molar-refractivity contribution in [3.8, 4) is 0 Å². The molecule has 0 aliphatic heterocycles. The quantitative estimate of drug-likeness (QED) is 0.415. The van der Waals surface area contributed by atoms with Crippen molar-refractivity contribution in [2.45, 2.75) is 36.4 Å². The SMILES string of the molecule is Cc1ccc(S(=O)(=O)NC(=O)c2ccc3[nH]c(C)c(CC4=C(Cl)CC(Br)C=C4)c3c2)cc1. The number of rotatable bonds is 5. The van der Waals surface area contributed by atoms with Gasteiger partial charge in [0.05, 0.1) is 4.90 Å². The Morgan fingerprint density at radius 2 is 1.91 bits per heavy atom. The fourth-order valence-corrected chi connectivity index (χ4v) is 5.67. The largest absolute Gasteiger partial charge is 0.358 e. The maximum absolute atomic E-state index is 12.8. The van der Waals surface area contributed by atoms with Crippen LogP contribution in [0.25, 0.3) is 10.9 Å². The van der Waals surface area contributed by atoms with E-state index in [-0.39, 0.29) is 15.3 Å². The summed E-state index contributed by atoms with van der Waals surface area (Å²) in [6, 6.07) is 11.5. The van der Waals surface area contributed by atoms with E-state index in [0.29, 0.717) is 6.42 Å². The van der Waals surface area contributed by atoms with Gasteiger partial charge >= 0.3 is 0 Å². The van der Waals surface area contributed by atoms with E-state index in [4.69, 9.17) is 11.6 Å². The molecule has 32 heavy (non-hydrogen) atoms. The van der Waals surface area contributed by atoms with Gasteiger partial charge < -0.3 is 4.98 Å². The van der Waals surface area contributed by atoms with Gasteiger partial charge in [-0.2, -0.15) is 0 Å². The van der Waals surface area contributed by atoms with Crippen molar-refractivity contribution < 1.29 is 13.2 Å². The molecule has 0 saturated carbocycles. The van der Waals surface area contributed by atoms with Crippen molar-refractivity contribution in [2.75, 3.05) is 0 Å². The lowest BCUT2D eigenvalue weighted by atomic mass is 9.97. The molecule has 0 bridgehead atoms. The molecular formula is C24H22BrClN2O3S. The van der Waals surface area contributed by atoms with Crippen molar-refractivity contribution in [1.82, 2.24) is 9.71 Å². The summed E-state index contributed by atoms with van der Waals surface area (Å²) in [4.78, 5) is 16.4. The molecule has 166 valence electrons. The Kier molecular flexibility index (Phi) is 6.34. The lowest BCUT2D eigenvalue weighted by Crippen LogP contribution is -2.30. The normalized spacial score (nSPS) is 16.6. The van der Waals surface area contributed by atoms with E-state index in [1.807, 2.05) is 19.9 Å². The second-order valence-corrected chi connectivity index (χ2v) is 11.2. The molecule has 1 aliphatic rings. The summed E-state index contributed by atoms with van der Waals surface area (Å²) in [6.45, 7) is 3.84. The predicted molar refractivity (Wildman–Crippen MR) is 132 cm³/mol. The summed E-state index contributed by atoms with van der Waals surface area (Å²) < 4.78 is 27.4. The van der Waals surface area contributed by atoms with Crippen LogP contribution in [0, 0.1) is 13.8 Å². The lowest BCUT2D eigenvalue weighted by molar-refractivity contribution is 0.0981. The van der Waals surface area contributed by atoms with Crippen LogP contribution >= 0.6 is 27.5 Å². The lowest BCUT2D eigenvalue weighted by Gasteiger charge is -2.15. The highest BCUT2D eigenvalue weighted by molar-refractivity contribution is 9.09. The number of allylic oxidation sites excluding steroid dienone is 4. The third kappa shape index (κ3) is 4.70. The second kappa shape index (κ2) is 8.89. The molecule has 8 heteroatoms. The minimum absolute atomic E-state index is 0.0477. The fraction of sp³-hybridized carbons (Fsp3) is 0.208. The number of amides is 1. The number of nitrogens with one attached hydrogen (secondary N) is 2. The Balaban J connectivity index is 1.64. The van der Waals surface area contributed by atoms with E-state index < -0.39 is 15.9 Å². The Hall–Kier alpha value is -2.35. The average molecular weight is 534 g/mol. The van der Waals surface area contributed by atoms with Gasteiger partial charge in [0.15, 0.2) is 0 Å². The zero-order valence-electron chi connectivity index (χ0n) is 17.6. The molecule has 1 amide bonds. The number of carbonyl (C=O) groups excluding carboxylic acids is 1. The first kappa shape index (κ1) is 22.8. The molecule has 0 saturated heterocycles. The zero-order valence-corrected chi connectivity index (χ0v) is 20.7. The summed E-state index contributed by atoms with van der Waals surface area (Å²) in [5.74, 6) is -0.672. The van der Waals surface area contributed by atoms with Gasteiger partial charge in [-0.25, -0.2) is 13.1 Å². The molecule has 4 rings (SSSR count). The van der Waals surface area contributed by atoms with Gasteiger partial charge in [0.1, 0.15) is 0 Å². The van der Waals surface area contributed by atoms with E-state index in [1.54, 1.807) is 30.3 Å². The van der Waals surface area contributed by atoms with Gasteiger partial charge in [-0.15, -0.1) is 0 Å². The minimum atomic E-state index is -3.96. The van der Waals surface area contributed by atoms with Crippen LogP contribution in [0.2, 0.25) is 0 Å². The predicted octanol–water partition coefficient (Wildman–Crippen LogP) is 5.66. The molecule has 1 heterocycles. The Morgan fingerprint density at radius 3 is 2.59 bits per heavy atom. The van der Waals surface area contributed by atoms with E-state index in [9.17, 15) is 13.2 Å². The zero-order chi connectivity index (χ0) is 23.0. The molecule has 1 unspecified atom stereocenters. The molecule has 1 aromatic heterocycles. The highest BCUT2D eigenvalue weighted by Gasteiger charge is 2.21. The van der Waals surface area contributed by atoms with Gasteiger partial charge in [0, 0.05) is 38.4 Å². The van der Waals surface area contributed by atoms with Crippen molar-refractivity contribution in [3.05, 3.63) is 87.6 Å². The monoisotopic (exact) mass is 532 g/mol. The number of aromatic amines is 1. The smallest absolute Gasteiger partial charge is 0.265 e. The van der Waals surface area contributed by atoms with Crippen LogP contribution in [0.1, 0.15) is 33.6 Å². The number of halogens is 2. The van der Waals surface area contributed by atoms with E-state index >= 15 is 0 Å². The molecule has 1 aliphatic carbocycles. The second-order valence-electron chi connectivity index (χ2n) is 7.92. The van der Waals surface area contributed by atoms with Crippen LogP contribution < -0.4 is 4.72 Å². The van der Waals surface area contributed by atoms with Crippen LogP contribution in [-0.2, 0) is 16.4 Å². The molecule has 0 radical (unpaired) electrons. The maximum atomic E-state index is 12.8. The van der Waals surface area contributed by atoms with Crippen molar-refractivity contribution in [1.29, 1.82) is 0 Å². The van der Waals surface area contributed by atoms with E-state index in [2.05, 4.69) is 31.7 Å². The van der Waals surface area contributed by atoms with Crippen molar-refractivity contribution >= 4 is 54.4 Å². The minimum Gasteiger partial charge on any atom is -0.358 e. The van der Waals surface area contributed by atoms with Crippen LogP contribution in [0.5, 0.6) is 0 Å². The number of H-pyrrole nitrogens is 1. The first-order valence-corrected chi connectivity index (χ1v) is 12.9. The van der Waals surface area contributed by atoms with Crippen LogP contribution in [0.4, 0.5) is 0 Å². The van der Waals surface area contributed by atoms with Crippen molar-refractivity contribution in [2.24, 2.45) is 0 Å². The van der Waals surface area contributed by atoms with Gasteiger partial charge in [0.25, 0.3) is 15.9 Å². The number of fused-ring (bicyclic) bond motifs is 1. The van der Waals surface area contributed by atoms with Crippen LogP contribution in [0.15, 0.2) is 70.1 Å². The molecule has 3 aromatic rings. The van der Waals surface area contributed by atoms with Crippen LogP contribution in [0.3, 0.4) is 0 Å². The Labute approximate surface area is 200 Å². The molecule has 0 fully saturated rings. The summed E-state index contributed by atoms with van der Waals surface area (Å²) in [6.07, 6.45) is 5.45. The van der Waals surface area contributed by atoms with Crippen LogP contribution in [-0.4, -0.2) is 24.1 Å². The number of hydrogen-bond acceptors (Lipinski definition) is 3. The Morgan fingerprint density at radius 1 is 1.19 bits per heavy atom. The highest BCUT2D eigenvalue weighted by atomic mass is 79.9. The Bertz CT molecular complexity index is 1370. The number of benzene rings is 2. The first-order chi connectivity index (χ1) is 15.1. The number of aromatic nitrogens is 1. The third-order valence-electron chi connectivity index (χ3n) is 5.54. The number of sulfonamides is 1. The molecule has 2 N–H and O–H groups in total. The fourth-order valence-electron chi connectivity index (χ4n) is 3.74. The third-order valence-corrected chi connectivity index (χ3v) is 7.91. The first-order valence-electron chi connectivity index (χ1n) is 10.1. The number of aryl methyl sites for hydroxylation is 2. The number of alkyl halides is 1. The molecule has 0 spiro atoms. The number of hydrogen-bond donors (Lipinski definition) is 2. The van der Waals surface area contributed by atoms with Gasteiger partial charge in [-0.05, 0) is 61.7 Å². The van der Waals surface area contributed by atoms with E-state index in [0.717, 1.165) is 44.7 Å². The summed E-state index contributed by atoms with van der Waals surface area (Å²) in [5.41, 5.74) is 5.13. The average Bonchev–Trinajstić information content (AvgIpc) is 3.04. The summed E-state index contributed by atoms with van der Waals surface area (Å²) >= 11 is 10.0. The maximum Gasteiger partial charge on any atom is 0.265 e. The highest BCUT2D eigenvalue weighted by Crippen LogP contribution is 2.32. The van der Waals surface area contributed by atoms with Gasteiger partial charge in [-0.3, -0.25) is 4.79 Å². The molecule has 5 nitrogen and oxygen atoms in total. The summed E-state index contributed by atoms with van der Waals surface area (Å²) in [7, 11) is -3.96. The standard InChI is InChI=1S/C24H22BrClN2O3S/c1-14-3-8-19(9-4-14)32(30,31)28-24(29)17-6-10-23-21(12-17)20(15(2)27-23)11-16-5-7-18(25)13-22(16)26/h3-10,12,18,27H,11,13H2,1-2H3,(H,28,29). The van der Waals surface area contributed by atoms with Gasteiger partial charge in [0.2, 0.25) is 0 Å². The number of carbonyl (C=O) groups is 1. The topological polar surface area (TPSA) is 79.0 Å². The summed E-state index contributed by atoms with van der Waals surface area (Å²) in [5, 5.41) is 1.68. The van der Waals surface area contributed by atoms with Crippen molar-refractivity contribution in [3.63, 3.8) is 0 Å². The molecule has 2 aromatic carbocycles. The molecular weight excluding hydrogens is 512 g/mol.